The molecule has 5 rings (SSSR count). The van der Waals surface area contributed by atoms with E-state index in [1.54, 1.807) is 6.07 Å². The normalized spacial score (nSPS) is 26.0. The van der Waals surface area contributed by atoms with Gasteiger partial charge in [-0.15, -0.1) is 0 Å². The van der Waals surface area contributed by atoms with Crippen molar-refractivity contribution in [2.45, 2.75) is 18.4 Å². The second-order valence-corrected chi connectivity index (χ2v) is 7.29. The number of nitrogens with one attached hydrogen (secondary N) is 1. The Balaban J connectivity index is 1.61. The van der Waals surface area contributed by atoms with E-state index in [1.807, 2.05) is 18.2 Å². The molecule has 0 saturated carbocycles. The Kier molecular flexibility index (Phi) is 3.13. The molecule has 2 aromatic carbocycles. The van der Waals surface area contributed by atoms with E-state index in [-0.39, 0.29) is 24.6 Å². The van der Waals surface area contributed by atoms with Gasteiger partial charge in [0.1, 0.15) is 5.82 Å². The third-order valence-corrected chi connectivity index (χ3v) is 5.84. The molecule has 0 fully saturated rings. The summed E-state index contributed by atoms with van der Waals surface area (Å²) in [6, 6.07) is 9.15. The van der Waals surface area contributed by atoms with Gasteiger partial charge in [0, 0.05) is 16.1 Å². The Labute approximate surface area is 147 Å². The molecule has 1 N–H and O–H groups in total. The van der Waals surface area contributed by atoms with Gasteiger partial charge in [0.2, 0.25) is 6.79 Å². The molecule has 2 aliphatic heterocycles. The number of anilines is 1. The van der Waals surface area contributed by atoms with Gasteiger partial charge in [-0.25, -0.2) is 4.39 Å². The van der Waals surface area contributed by atoms with Crippen LogP contribution in [0.3, 0.4) is 0 Å². The maximum atomic E-state index is 13.7. The first-order valence-electron chi connectivity index (χ1n) is 8.02. The Morgan fingerprint density at radius 3 is 2.79 bits per heavy atom. The number of ether oxygens (including phenoxy) is 2. The van der Waals surface area contributed by atoms with Gasteiger partial charge in [-0.3, -0.25) is 0 Å². The maximum absolute atomic E-state index is 13.7. The zero-order chi connectivity index (χ0) is 16.3. The zero-order valence-electron chi connectivity index (χ0n) is 12.8. The Bertz CT molecular complexity index is 867. The number of fused-ring (bicyclic) bond motifs is 4. The van der Waals surface area contributed by atoms with Crippen LogP contribution in [0.25, 0.3) is 0 Å². The number of halogens is 2. The molecule has 0 amide bonds. The number of hydrogen-bond acceptors (Lipinski definition) is 3. The largest absolute Gasteiger partial charge is 0.454 e. The second-order valence-electron chi connectivity index (χ2n) is 6.43. The summed E-state index contributed by atoms with van der Waals surface area (Å²) in [6.45, 7) is 0.263. The number of benzene rings is 2. The number of hydrogen-bond donors (Lipinski definition) is 1. The third kappa shape index (κ3) is 2.07. The first-order valence-corrected chi connectivity index (χ1v) is 8.82. The van der Waals surface area contributed by atoms with Crippen molar-refractivity contribution in [1.82, 2.24) is 0 Å². The van der Waals surface area contributed by atoms with Gasteiger partial charge in [0.15, 0.2) is 11.5 Å². The van der Waals surface area contributed by atoms with Gasteiger partial charge in [-0.05, 0) is 53.8 Å². The lowest BCUT2D eigenvalue weighted by Gasteiger charge is -2.38. The van der Waals surface area contributed by atoms with Crippen molar-refractivity contribution in [1.29, 1.82) is 0 Å². The van der Waals surface area contributed by atoms with Crippen molar-refractivity contribution < 1.29 is 13.9 Å². The minimum Gasteiger partial charge on any atom is -0.454 e. The molecule has 1 aliphatic carbocycles. The lowest BCUT2D eigenvalue weighted by atomic mass is 9.77. The van der Waals surface area contributed by atoms with Crippen LogP contribution in [0.1, 0.15) is 29.5 Å². The summed E-state index contributed by atoms with van der Waals surface area (Å²) in [5.41, 5.74) is 3.19. The van der Waals surface area contributed by atoms with E-state index in [4.69, 9.17) is 9.47 Å². The van der Waals surface area contributed by atoms with Gasteiger partial charge in [0.25, 0.3) is 0 Å². The highest BCUT2D eigenvalue weighted by atomic mass is 79.9. The predicted octanol–water partition coefficient (Wildman–Crippen LogP) is 5.14. The molecule has 3 aliphatic rings. The van der Waals surface area contributed by atoms with E-state index in [0.29, 0.717) is 5.92 Å². The molecule has 24 heavy (non-hydrogen) atoms. The molecule has 0 bridgehead atoms. The number of allylic oxidation sites excluding steroid dienone is 2. The van der Waals surface area contributed by atoms with E-state index in [0.717, 1.165) is 39.2 Å². The van der Waals surface area contributed by atoms with Crippen LogP contribution in [0.2, 0.25) is 0 Å². The molecular formula is C19H15BrFNO2. The Morgan fingerprint density at radius 1 is 1.08 bits per heavy atom. The van der Waals surface area contributed by atoms with Crippen molar-refractivity contribution in [2.24, 2.45) is 5.92 Å². The Hall–Kier alpha value is -2.01. The molecule has 5 heteroatoms. The van der Waals surface area contributed by atoms with Crippen molar-refractivity contribution in [3.8, 4) is 11.5 Å². The Morgan fingerprint density at radius 2 is 1.92 bits per heavy atom. The highest BCUT2D eigenvalue weighted by Crippen LogP contribution is 2.52. The van der Waals surface area contributed by atoms with Crippen LogP contribution < -0.4 is 14.8 Å². The fourth-order valence-electron chi connectivity index (χ4n) is 4.04. The van der Waals surface area contributed by atoms with Crippen LogP contribution in [-0.4, -0.2) is 6.79 Å². The molecule has 0 saturated heterocycles. The molecule has 122 valence electrons. The summed E-state index contributed by atoms with van der Waals surface area (Å²) in [5.74, 6) is 1.96. The van der Waals surface area contributed by atoms with Gasteiger partial charge >= 0.3 is 0 Å². The van der Waals surface area contributed by atoms with Crippen molar-refractivity contribution >= 4 is 21.6 Å². The maximum Gasteiger partial charge on any atom is 0.231 e. The average Bonchev–Trinajstić information content (AvgIpc) is 3.22. The fourth-order valence-corrected chi connectivity index (χ4v) is 4.61. The predicted molar refractivity (Wildman–Crippen MR) is 93.0 cm³/mol. The summed E-state index contributed by atoms with van der Waals surface area (Å²) < 4.78 is 25.7. The van der Waals surface area contributed by atoms with Gasteiger partial charge in [0.05, 0.1) is 6.04 Å². The van der Waals surface area contributed by atoms with Crippen LogP contribution in [0.15, 0.2) is 47.0 Å². The van der Waals surface area contributed by atoms with Crippen molar-refractivity contribution in [2.75, 3.05) is 12.1 Å². The molecular weight excluding hydrogens is 373 g/mol. The van der Waals surface area contributed by atoms with E-state index >= 15 is 0 Å². The zero-order valence-corrected chi connectivity index (χ0v) is 14.3. The van der Waals surface area contributed by atoms with Crippen LogP contribution in [0.4, 0.5) is 10.1 Å². The van der Waals surface area contributed by atoms with Gasteiger partial charge in [-0.1, -0.05) is 28.1 Å². The fraction of sp³-hybridized carbons (Fsp3) is 0.263. The van der Waals surface area contributed by atoms with E-state index in [2.05, 4.69) is 33.4 Å². The van der Waals surface area contributed by atoms with E-state index in [1.165, 1.54) is 6.07 Å². The van der Waals surface area contributed by atoms with E-state index < -0.39 is 0 Å². The first kappa shape index (κ1) is 14.3. The monoisotopic (exact) mass is 387 g/mol. The second kappa shape index (κ2) is 5.24. The van der Waals surface area contributed by atoms with Crippen LogP contribution in [-0.2, 0) is 0 Å². The SMILES string of the molecule is Fc1ccc2c(c1)[C@@H]1C=CC[C@H]1[C@@H](c1cc3c(cc1Br)OCO3)N2. The number of rotatable bonds is 1. The third-order valence-electron chi connectivity index (χ3n) is 5.15. The molecule has 2 heterocycles. The first-order chi connectivity index (χ1) is 11.7. The summed E-state index contributed by atoms with van der Waals surface area (Å²) >= 11 is 3.68. The minimum atomic E-state index is -0.183. The highest BCUT2D eigenvalue weighted by molar-refractivity contribution is 9.10. The molecule has 0 spiro atoms. The van der Waals surface area contributed by atoms with Crippen LogP contribution in [0, 0.1) is 11.7 Å². The molecule has 0 unspecified atom stereocenters. The molecule has 2 aromatic rings. The minimum absolute atomic E-state index is 0.131. The molecule has 0 aromatic heterocycles. The smallest absolute Gasteiger partial charge is 0.231 e. The molecule has 0 radical (unpaired) electrons. The quantitative estimate of drug-likeness (QED) is 0.686. The lowest BCUT2D eigenvalue weighted by molar-refractivity contribution is 0.174. The van der Waals surface area contributed by atoms with Crippen LogP contribution in [0.5, 0.6) is 11.5 Å². The van der Waals surface area contributed by atoms with Gasteiger partial charge < -0.3 is 14.8 Å². The molecule has 3 atom stereocenters. The summed E-state index contributed by atoms with van der Waals surface area (Å²) in [4.78, 5) is 0. The summed E-state index contributed by atoms with van der Waals surface area (Å²) in [5, 5.41) is 3.61. The molecule has 3 nitrogen and oxygen atoms in total. The topological polar surface area (TPSA) is 30.5 Å². The average molecular weight is 388 g/mol. The summed E-state index contributed by atoms with van der Waals surface area (Å²) in [7, 11) is 0. The van der Waals surface area contributed by atoms with Gasteiger partial charge in [-0.2, -0.15) is 0 Å². The van der Waals surface area contributed by atoms with Crippen molar-refractivity contribution in [3.05, 3.63) is 63.9 Å². The summed E-state index contributed by atoms with van der Waals surface area (Å²) in [6.07, 6.45) is 5.38. The standard InChI is InChI=1S/C19H15BrFNO2/c20-15-8-18-17(23-9-24-18)7-14(15)19-12-3-1-2-11(12)13-6-10(21)4-5-16(13)22-19/h1-2,4-8,11-12,19,22H,3,9H2/t11-,12-,19+/m1/s1. The highest BCUT2D eigenvalue weighted by Gasteiger charge is 2.39. The van der Waals surface area contributed by atoms with Crippen molar-refractivity contribution in [3.63, 3.8) is 0 Å². The lowest BCUT2D eigenvalue weighted by Crippen LogP contribution is -2.29. The van der Waals surface area contributed by atoms with Crippen LogP contribution >= 0.6 is 15.9 Å². The van der Waals surface area contributed by atoms with E-state index in [9.17, 15) is 4.39 Å².